The first-order valence-corrected chi connectivity index (χ1v) is 8.58. The van der Waals surface area contributed by atoms with E-state index in [0.717, 1.165) is 17.5 Å². The molecular weight excluding hydrogens is 356 g/mol. The number of anilines is 1. The Labute approximate surface area is 157 Å². The number of hydrogen-bond donors (Lipinski definition) is 3. The summed E-state index contributed by atoms with van der Waals surface area (Å²) in [6, 6.07) is 5.04. The predicted molar refractivity (Wildman–Crippen MR) is 102 cm³/mol. The molecule has 2 rings (SSSR count). The Morgan fingerprint density at radius 2 is 2.12 bits per heavy atom. The summed E-state index contributed by atoms with van der Waals surface area (Å²) in [4.78, 5) is 18.9. The molecule has 4 N–H and O–H groups in total. The van der Waals surface area contributed by atoms with Gasteiger partial charge in [-0.1, -0.05) is 25.4 Å². The average molecular weight is 379 g/mol. The molecule has 0 spiro atoms. The molecule has 1 unspecified atom stereocenters. The van der Waals surface area contributed by atoms with Crippen molar-refractivity contribution in [1.82, 2.24) is 9.97 Å². The number of ether oxygens (including phenoxy) is 1. The van der Waals surface area contributed by atoms with Gasteiger partial charge in [0.1, 0.15) is 17.4 Å². The number of amides is 1. The summed E-state index contributed by atoms with van der Waals surface area (Å²) in [7, 11) is 0. The molecule has 2 heterocycles. The SMILES string of the molecule is CC(C)CC(C)(N)COc1ncc(-c2ccnc(NC(=O)O)c2)cc1Cl. The number of pyridine rings is 2. The van der Waals surface area contributed by atoms with Gasteiger partial charge in [-0.05, 0) is 43.0 Å². The molecule has 1 atom stereocenters. The molecule has 0 aliphatic rings. The van der Waals surface area contributed by atoms with Crippen LogP contribution in [0.4, 0.5) is 10.6 Å². The summed E-state index contributed by atoms with van der Waals surface area (Å²) in [5, 5.41) is 11.3. The molecule has 0 aromatic carbocycles. The maximum atomic E-state index is 10.7. The van der Waals surface area contributed by atoms with Crippen LogP contribution in [0.15, 0.2) is 30.6 Å². The van der Waals surface area contributed by atoms with E-state index in [-0.39, 0.29) is 5.82 Å². The zero-order valence-electron chi connectivity index (χ0n) is 15.0. The van der Waals surface area contributed by atoms with Gasteiger partial charge in [0.2, 0.25) is 5.88 Å². The van der Waals surface area contributed by atoms with E-state index < -0.39 is 11.6 Å². The van der Waals surface area contributed by atoms with Crippen molar-refractivity contribution in [1.29, 1.82) is 0 Å². The lowest BCUT2D eigenvalue weighted by atomic mass is 9.93. The maximum Gasteiger partial charge on any atom is 0.410 e. The van der Waals surface area contributed by atoms with E-state index in [0.29, 0.717) is 23.4 Å². The fourth-order valence-corrected chi connectivity index (χ4v) is 2.92. The van der Waals surface area contributed by atoms with E-state index in [1.807, 2.05) is 6.92 Å². The van der Waals surface area contributed by atoms with Gasteiger partial charge < -0.3 is 15.6 Å². The van der Waals surface area contributed by atoms with Crippen LogP contribution in [-0.2, 0) is 0 Å². The third kappa shape index (κ3) is 5.86. The number of hydrogen-bond acceptors (Lipinski definition) is 5. The Balaban J connectivity index is 2.13. The normalized spacial score (nSPS) is 13.3. The Hall–Kier alpha value is -2.38. The Morgan fingerprint density at radius 1 is 1.38 bits per heavy atom. The van der Waals surface area contributed by atoms with Crippen LogP contribution in [0.5, 0.6) is 5.88 Å². The lowest BCUT2D eigenvalue weighted by Gasteiger charge is -2.26. The number of rotatable bonds is 7. The lowest BCUT2D eigenvalue weighted by molar-refractivity contribution is 0.201. The first-order valence-electron chi connectivity index (χ1n) is 8.20. The van der Waals surface area contributed by atoms with Crippen LogP contribution in [0.25, 0.3) is 11.1 Å². The van der Waals surface area contributed by atoms with E-state index >= 15 is 0 Å². The van der Waals surface area contributed by atoms with E-state index in [2.05, 4.69) is 29.1 Å². The first-order chi connectivity index (χ1) is 12.2. The number of nitrogens with one attached hydrogen (secondary N) is 1. The summed E-state index contributed by atoms with van der Waals surface area (Å²) in [6.45, 7) is 6.45. The van der Waals surface area contributed by atoms with Crippen LogP contribution in [-0.4, -0.2) is 33.3 Å². The topological polar surface area (TPSA) is 110 Å². The van der Waals surface area contributed by atoms with Gasteiger partial charge in [-0.3, -0.25) is 5.32 Å². The summed E-state index contributed by atoms with van der Waals surface area (Å²) in [5.41, 5.74) is 7.21. The van der Waals surface area contributed by atoms with E-state index in [4.69, 9.17) is 27.2 Å². The Bertz CT molecular complexity index is 781. The van der Waals surface area contributed by atoms with Gasteiger partial charge in [-0.25, -0.2) is 14.8 Å². The maximum absolute atomic E-state index is 10.7. The lowest BCUT2D eigenvalue weighted by Crippen LogP contribution is -2.43. The van der Waals surface area contributed by atoms with Crippen LogP contribution >= 0.6 is 11.6 Å². The van der Waals surface area contributed by atoms with Crippen molar-refractivity contribution in [2.75, 3.05) is 11.9 Å². The second kappa shape index (κ2) is 8.33. The number of halogens is 1. The zero-order valence-corrected chi connectivity index (χ0v) is 15.7. The van der Waals surface area contributed by atoms with Crippen LogP contribution in [0.3, 0.4) is 0 Å². The molecule has 0 aliphatic carbocycles. The molecular formula is C18H23ClN4O3. The fraction of sp³-hybridized carbons (Fsp3) is 0.389. The second-order valence-corrected chi connectivity index (χ2v) is 7.32. The number of nitrogens with two attached hydrogens (primary N) is 1. The van der Waals surface area contributed by atoms with Gasteiger partial charge in [0, 0.05) is 23.5 Å². The van der Waals surface area contributed by atoms with Crippen molar-refractivity contribution in [2.45, 2.75) is 32.7 Å². The highest BCUT2D eigenvalue weighted by Crippen LogP contribution is 2.29. The van der Waals surface area contributed by atoms with E-state index in [1.165, 1.54) is 6.20 Å². The molecule has 0 radical (unpaired) electrons. The molecule has 0 saturated carbocycles. The van der Waals surface area contributed by atoms with Crippen LogP contribution in [0, 0.1) is 5.92 Å². The zero-order chi connectivity index (χ0) is 19.3. The standard InChI is InChI=1S/C18H23ClN4O3/c1-11(2)8-18(3,20)10-26-16-14(19)6-13(9-22-16)12-4-5-21-15(7-12)23-17(24)25/h4-7,9,11H,8,10,20H2,1-3H3,(H,21,23)(H,24,25). The largest absolute Gasteiger partial charge is 0.475 e. The number of carbonyl (C=O) groups is 1. The van der Waals surface area contributed by atoms with Crippen molar-refractivity contribution in [2.24, 2.45) is 11.7 Å². The molecule has 2 aromatic rings. The molecule has 2 aromatic heterocycles. The number of nitrogens with zero attached hydrogens (tertiary/aromatic N) is 2. The fourth-order valence-electron chi connectivity index (χ4n) is 2.70. The van der Waals surface area contributed by atoms with E-state index in [9.17, 15) is 4.79 Å². The first kappa shape index (κ1) is 19.9. The van der Waals surface area contributed by atoms with E-state index in [1.54, 1.807) is 24.4 Å². The molecule has 0 saturated heterocycles. The van der Waals surface area contributed by atoms with Crippen LogP contribution in [0.2, 0.25) is 5.02 Å². The monoisotopic (exact) mass is 378 g/mol. The highest BCUT2D eigenvalue weighted by Gasteiger charge is 2.22. The summed E-state index contributed by atoms with van der Waals surface area (Å²) >= 11 is 6.28. The van der Waals surface area contributed by atoms with Gasteiger partial charge in [0.05, 0.1) is 0 Å². The van der Waals surface area contributed by atoms with Crippen molar-refractivity contribution in [3.8, 4) is 17.0 Å². The smallest absolute Gasteiger partial charge is 0.410 e. The van der Waals surface area contributed by atoms with Gasteiger partial charge in [0.15, 0.2) is 0 Å². The third-order valence-electron chi connectivity index (χ3n) is 3.55. The summed E-state index contributed by atoms with van der Waals surface area (Å²) in [5.74, 6) is 0.993. The molecule has 1 amide bonds. The van der Waals surface area contributed by atoms with Crippen molar-refractivity contribution >= 4 is 23.5 Å². The third-order valence-corrected chi connectivity index (χ3v) is 3.82. The van der Waals surface area contributed by atoms with Crippen LogP contribution < -0.4 is 15.8 Å². The average Bonchev–Trinajstić information content (AvgIpc) is 2.52. The predicted octanol–water partition coefficient (Wildman–Crippen LogP) is 4.03. The van der Waals surface area contributed by atoms with Gasteiger partial charge in [0.25, 0.3) is 0 Å². The Morgan fingerprint density at radius 3 is 2.73 bits per heavy atom. The molecule has 0 fully saturated rings. The van der Waals surface area contributed by atoms with Crippen molar-refractivity contribution < 1.29 is 14.6 Å². The minimum atomic E-state index is -1.18. The highest BCUT2D eigenvalue weighted by atomic mass is 35.5. The molecule has 7 nitrogen and oxygen atoms in total. The molecule has 0 aliphatic heterocycles. The highest BCUT2D eigenvalue weighted by molar-refractivity contribution is 6.32. The minimum Gasteiger partial charge on any atom is -0.475 e. The van der Waals surface area contributed by atoms with Crippen molar-refractivity contribution in [3.63, 3.8) is 0 Å². The van der Waals surface area contributed by atoms with Gasteiger partial charge >= 0.3 is 6.09 Å². The summed E-state index contributed by atoms with van der Waals surface area (Å²) < 4.78 is 5.70. The molecule has 26 heavy (non-hydrogen) atoms. The number of carboxylic acid groups (broad SMARTS) is 1. The van der Waals surface area contributed by atoms with Gasteiger partial charge in [-0.15, -0.1) is 0 Å². The number of aromatic nitrogens is 2. The minimum absolute atomic E-state index is 0.221. The molecule has 8 heteroatoms. The van der Waals surface area contributed by atoms with Gasteiger partial charge in [-0.2, -0.15) is 0 Å². The summed E-state index contributed by atoms with van der Waals surface area (Å²) in [6.07, 6.45) is 2.75. The Kier molecular flexibility index (Phi) is 6.39. The quantitative estimate of drug-likeness (QED) is 0.670. The molecule has 140 valence electrons. The van der Waals surface area contributed by atoms with Crippen molar-refractivity contribution in [3.05, 3.63) is 35.6 Å². The second-order valence-electron chi connectivity index (χ2n) is 6.91. The van der Waals surface area contributed by atoms with Crippen LogP contribution in [0.1, 0.15) is 27.2 Å². The molecule has 0 bridgehead atoms.